The number of nitrogens with zero attached hydrogens (tertiary/aromatic N) is 1. The quantitative estimate of drug-likeness (QED) is 0.865. The minimum atomic E-state index is -0.0360. The van der Waals surface area contributed by atoms with E-state index in [4.69, 9.17) is 11.6 Å². The lowest BCUT2D eigenvalue weighted by atomic mass is 9.93. The Labute approximate surface area is 135 Å². The van der Waals surface area contributed by atoms with Crippen LogP contribution in [-0.2, 0) is 24.2 Å². The Morgan fingerprint density at radius 2 is 2.00 bits per heavy atom. The summed E-state index contributed by atoms with van der Waals surface area (Å²) in [4.78, 5) is 12.2. The summed E-state index contributed by atoms with van der Waals surface area (Å²) in [5, 5.41) is 3.56. The number of benzene rings is 1. The molecular weight excluding hydrogens is 296 g/mol. The van der Waals surface area contributed by atoms with Gasteiger partial charge >= 0.3 is 0 Å². The van der Waals surface area contributed by atoms with E-state index in [9.17, 15) is 4.79 Å². The van der Waals surface area contributed by atoms with Crippen LogP contribution in [0, 0.1) is 6.92 Å². The number of carbonyl (C=O) groups excluding carboxylic acids is 1. The van der Waals surface area contributed by atoms with Crippen LogP contribution in [0.2, 0.25) is 5.02 Å². The zero-order valence-corrected chi connectivity index (χ0v) is 13.5. The number of aryl methyl sites for hydroxylation is 3. The Balaban J connectivity index is 1.70. The first-order valence-corrected chi connectivity index (χ1v) is 8.06. The Morgan fingerprint density at radius 1 is 1.23 bits per heavy atom. The molecule has 114 valence electrons. The van der Waals surface area contributed by atoms with Gasteiger partial charge in [-0.3, -0.25) is 4.79 Å². The van der Waals surface area contributed by atoms with Gasteiger partial charge in [-0.15, -0.1) is 0 Å². The third-order valence-electron chi connectivity index (χ3n) is 4.14. The molecule has 0 atom stereocenters. The van der Waals surface area contributed by atoms with E-state index in [2.05, 4.69) is 17.6 Å². The average Bonchev–Trinajstić information content (AvgIpc) is 2.51. The fraction of sp³-hybridized carbons (Fsp3) is 0.333. The second-order valence-electron chi connectivity index (χ2n) is 5.88. The minimum Gasteiger partial charge on any atom is -0.320 e. The third-order valence-corrected chi connectivity index (χ3v) is 4.38. The van der Waals surface area contributed by atoms with Gasteiger partial charge in [0.1, 0.15) is 0 Å². The summed E-state index contributed by atoms with van der Waals surface area (Å²) in [5.41, 5.74) is 4.58. The Bertz CT molecular complexity index is 712. The van der Waals surface area contributed by atoms with Crippen LogP contribution in [0.25, 0.3) is 0 Å². The van der Waals surface area contributed by atoms with Crippen LogP contribution in [0.15, 0.2) is 36.7 Å². The van der Waals surface area contributed by atoms with E-state index < -0.39 is 0 Å². The maximum Gasteiger partial charge on any atom is 0.290 e. The molecule has 3 rings (SSSR count). The van der Waals surface area contributed by atoms with Gasteiger partial charge < -0.3 is 5.32 Å². The molecule has 4 heteroatoms. The van der Waals surface area contributed by atoms with E-state index in [-0.39, 0.29) is 5.91 Å². The Kier molecular flexibility index (Phi) is 4.44. The zero-order valence-electron chi connectivity index (χ0n) is 12.7. The lowest BCUT2D eigenvalue weighted by Gasteiger charge is -2.13. The van der Waals surface area contributed by atoms with Gasteiger partial charge in [0.2, 0.25) is 6.54 Å². The van der Waals surface area contributed by atoms with Crippen LogP contribution in [0.5, 0.6) is 0 Å². The molecule has 0 unspecified atom stereocenters. The number of fused-ring (bicyclic) bond motifs is 1. The zero-order chi connectivity index (χ0) is 15.5. The molecule has 0 saturated carbocycles. The highest BCUT2D eigenvalue weighted by Gasteiger charge is 2.16. The van der Waals surface area contributed by atoms with Gasteiger partial charge in [-0.1, -0.05) is 17.7 Å². The molecule has 0 bridgehead atoms. The Hall–Kier alpha value is -1.87. The molecular formula is C18H20ClN2O+. The van der Waals surface area contributed by atoms with E-state index in [1.165, 1.54) is 24.0 Å². The highest BCUT2D eigenvalue weighted by atomic mass is 35.5. The minimum absolute atomic E-state index is 0.0360. The number of carbonyl (C=O) groups is 1. The van der Waals surface area contributed by atoms with Gasteiger partial charge in [0.05, 0.1) is 0 Å². The number of anilines is 1. The first-order valence-electron chi connectivity index (χ1n) is 7.69. The number of nitrogens with one attached hydrogen (secondary N) is 1. The molecule has 1 heterocycles. The normalized spacial score (nSPS) is 13.5. The molecule has 0 aliphatic heterocycles. The van der Waals surface area contributed by atoms with Crippen LogP contribution >= 0.6 is 11.6 Å². The number of aromatic nitrogens is 1. The van der Waals surface area contributed by atoms with E-state index in [1.807, 2.05) is 29.8 Å². The summed E-state index contributed by atoms with van der Waals surface area (Å²) >= 11 is 5.98. The van der Waals surface area contributed by atoms with Crippen molar-refractivity contribution in [3.05, 3.63) is 58.4 Å². The average molecular weight is 316 g/mol. The molecule has 1 aromatic carbocycles. The molecule has 3 nitrogen and oxygen atoms in total. The molecule has 1 aromatic heterocycles. The molecule has 2 aromatic rings. The van der Waals surface area contributed by atoms with Crippen LogP contribution in [0.1, 0.15) is 29.5 Å². The van der Waals surface area contributed by atoms with Crippen LogP contribution < -0.4 is 9.88 Å². The van der Waals surface area contributed by atoms with Crippen molar-refractivity contribution >= 4 is 23.2 Å². The van der Waals surface area contributed by atoms with Crippen LogP contribution in [-0.4, -0.2) is 5.91 Å². The van der Waals surface area contributed by atoms with Crippen molar-refractivity contribution in [1.82, 2.24) is 0 Å². The molecule has 22 heavy (non-hydrogen) atoms. The summed E-state index contributed by atoms with van der Waals surface area (Å²) < 4.78 is 1.96. The first-order chi connectivity index (χ1) is 10.6. The molecule has 0 spiro atoms. The van der Waals surface area contributed by atoms with Crippen LogP contribution in [0.4, 0.5) is 5.69 Å². The molecule has 1 aliphatic rings. The fourth-order valence-electron chi connectivity index (χ4n) is 2.90. The SMILES string of the molecule is Cc1ccc(Cl)cc1NC(=O)C[n+]1ccc2c(c1)CCCC2. The van der Waals surface area contributed by atoms with Crippen molar-refractivity contribution in [3.63, 3.8) is 0 Å². The third kappa shape index (κ3) is 3.47. The second kappa shape index (κ2) is 6.49. The van der Waals surface area contributed by atoms with Crippen molar-refractivity contribution in [1.29, 1.82) is 0 Å². The van der Waals surface area contributed by atoms with Crippen molar-refractivity contribution in [2.45, 2.75) is 39.2 Å². The largest absolute Gasteiger partial charge is 0.320 e. The number of hydrogen-bond donors (Lipinski definition) is 1. The number of halogens is 1. The van der Waals surface area contributed by atoms with E-state index in [1.54, 1.807) is 6.07 Å². The molecule has 1 N–H and O–H groups in total. The monoisotopic (exact) mass is 315 g/mol. The summed E-state index contributed by atoms with van der Waals surface area (Å²) in [6.07, 6.45) is 8.89. The van der Waals surface area contributed by atoms with Gasteiger partial charge in [0, 0.05) is 22.3 Å². The summed E-state index contributed by atoms with van der Waals surface area (Å²) in [6.45, 7) is 2.28. The molecule has 0 radical (unpaired) electrons. The molecule has 0 saturated heterocycles. The summed E-state index contributed by atoms with van der Waals surface area (Å²) in [7, 11) is 0. The lowest BCUT2D eigenvalue weighted by molar-refractivity contribution is -0.684. The van der Waals surface area contributed by atoms with Crippen molar-refractivity contribution < 1.29 is 9.36 Å². The number of pyridine rings is 1. The van der Waals surface area contributed by atoms with Crippen LogP contribution in [0.3, 0.4) is 0 Å². The van der Waals surface area contributed by atoms with E-state index in [0.29, 0.717) is 11.6 Å². The van der Waals surface area contributed by atoms with Crippen molar-refractivity contribution in [2.75, 3.05) is 5.32 Å². The number of amides is 1. The van der Waals surface area contributed by atoms with Gasteiger partial charge in [-0.05, 0) is 55.9 Å². The van der Waals surface area contributed by atoms with Crippen molar-refractivity contribution in [3.8, 4) is 0 Å². The molecule has 1 amide bonds. The Morgan fingerprint density at radius 3 is 2.82 bits per heavy atom. The maximum atomic E-state index is 12.2. The van der Waals surface area contributed by atoms with Gasteiger partial charge in [0.25, 0.3) is 5.91 Å². The predicted molar refractivity (Wildman–Crippen MR) is 88.1 cm³/mol. The van der Waals surface area contributed by atoms with Gasteiger partial charge in [-0.2, -0.15) is 4.57 Å². The molecule has 0 fully saturated rings. The lowest BCUT2D eigenvalue weighted by Crippen LogP contribution is -2.40. The standard InChI is InChI=1S/C18H19ClN2O/c1-13-6-7-16(19)10-17(13)20-18(22)12-21-9-8-14-4-2-3-5-15(14)11-21/h6-11H,2-5,12H2,1H3/p+1. The number of rotatable bonds is 3. The van der Waals surface area contributed by atoms with Crippen molar-refractivity contribution in [2.24, 2.45) is 0 Å². The maximum absolute atomic E-state index is 12.2. The fourth-order valence-corrected chi connectivity index (χ4v) is 3.07. The van der Waals surface area contributed by atoms with E-state index >= 15 is 0 Å². The summed E-state index contributed by atoms with van der Waals surface area (Å²) in [5.74, 6) is -0.0360. The smallest absolute Gasteiger partial charge is 0.290 e. The highest BCUT2D eigenvalue weighted by Crippen LogP contribution is 2.20. The first kappa shape index (κ1) is 15.0. The van der Waals surface area contributed by atoms with E-state index in [0.717, 1.165) is 24.1 Å². The number of hydrogen-bond acceptors (Lipinski definition) is 1. The second-order valence-corrected chi connectivity index (χ2v) is 6.32. The highest BCUT2D eigenvalue weighted by molar-refractivity contribution is 6.31. The topological polar surface area (TPSA) is 33.0 Å². The predicted octanol–water partition coefficient (Wildman–Crippen LogP) is 3.45. The summed E-state index contributed by atoms with van der Waals surface area (Å²) in [6, 6.07) is 7.66. The van der Waals surface area contributed by atoms with Gasteiger partial charge in [0.15, 0.2) is 12.4 Å². The van der Waals surface area contributed by atoms with Gasteiger partial charge in [-0.25, -0.2) is 0 Å². The molecule has 1 aliphatic carbocycles.